The lowest BCUT2D eigenvalue weighted by atomic mass is 10.1. The first-order chi connectivity index (χ1) is 9.65. The lowest BCUT2D eigenvalue weighted by Gasteiger charge is -2.03. The van der Waals surface area contributed by atoms with E-state index in [1.165, 1.54) is 0 Å². The molecule has 0 fully saturated rings. The zero-order valence-corrected chi connectivity index (χ0v) is 11.8. The maximum absolute atomic E-state index is 12.3. The van der Waals surface area contributed by atoms with Crippen molar-refractivity contribution in [2.45, 2.75) is 6.42 Å². The Kier molecular flexibility index (Phi) is 3.28. The summed E-state index contributed by atoms with van der Waals surface area (Å²) in [6.45, 7) is 0. The Labute approximate surface area is 121 Å². The second-order valence-electron chi connectivity index (χ2n) is 4.69. The van der Waals surface area contributed by atoms with Gasteiger partial charge in [-0.3, -0.25) is 4.79 Å². The highest BCUT2D eigenvalue weighted by molar-refractivity contribution is 6.31. The molecular formula is C16H13ClN2O. The summed E-state index contributed by atoms with van der Waals surface area (Å²) in [5.41, 5.74) is 2.55. The lowest BCUT2D eigenvalue weighted by molar-refractivity contribution is 0.0990. The van der Waals surface area contributed by atoms with Gasteiger partial charge in [0, 0.05) is 17.6 Å². The molecule has 1 heterocycles. The average Bonchev–Trinajstić information content (AvgIpc) is 2.76. The van der Waals surface area contributed by atoms with E-state index in [0.717, 1.165) is 16.9 Å². The van der Waals surface area contributed by atoms with Gasteiger partial charge in [-0.05, 0) is 24.3 Å². The van der Waals surface area contributed by atoms with Crippen molar-refractivity contribution < 1.29 is 4.79 Å². The second kappa shape index (κ2) is 5.10. The molecule has 0 saturated carbocycles. The van der Waals surface area contributed by atoms with E-state index in [1.54, 1.807) is 24.3 Å². The van der Waals surface area contributed by atoms with Crippen LogP contribution >= 0.6 is 11.6 Å². The second-order valence-corrected chi connectivity index (χ2v) is 5.12. The Balaban J connectivity index is 1.93. The Hall–Kier alpha value is -2.13. The Morgan fingerprint density at radius 2 is 2.00 bits per heavy atom. The zero-order valence-electron chi connectivity index (χ0n) is 11.0. The molecule has 0 aliphatic rings. The van der Waals surface area contributed by atoms with E-state index in [1.807, 2.05) is 35.9 Å². The number of nitrogens with zero attached hydrogens (tertiary/aromatic N) is 2. The molecule has 0 N–H and O–H groups in total. The monoisotopic (exact) mass is 284 g/mol. The highest BCUT2D eigenvalue weighted by atomic mass is 35.5. The number of aromatic nitrogens is 2. The number of hydrogen-bond acceptors (Lipinski definition) is 2. The summed E-state index contributed by atoms with van der Waals surface area (Å²) in [7, 11) is 1.93. The van der Waals surface area contributed by atoms with Gasteiger partial charge in [0.05, 0.1) is 17.5 Å². The maximum atomic E-state index is 12.3. The molecule has 0 atom stereocenters. The van der Waals surface area contributed by atoms with Crippen molar-refractivity contribution >= 4 is 28.4 Å². The van der Waals surface area contributed by atoms with E-state index in [2.05, 4.69) is 4.98 Å². The molecule has 2 aromatic carbocycles. The summed E-state index contributed by atoms with van der Waals surface area (Å²) < 4.78 is 1.96. The number of aryl methyl sites for hydroxylation is 1. The molecule has 0 amide bonds. The average molecular weight is 285 g/mol. The van der Waals surface area contributed by atoms with Gasteiger partial charge in [0.1, 0.15) is 5.82 Å². The fraction of sp³-hybridized carbons (Fsp3) is 0.125. The van der Waals surface area contributed by atoms with E-state index in [9.17, 15) is 4.79 Å². The van der Waals surface area contributed by atoms with Gasteiger partial charge in [-0.2, -0.15) is 0 Å². The van der Waals surface area contributed by atoms with Crippen molar-refractivity contribution in [2.24, 2.45) is 7.05 Å². The van der Waals surface area contributed by atoms with Gasteiger partial charge < -0.3 is 4.57 Å². The smallest absolute Gasteiger partial charge is 0.170 e. The first-order valence-electron chi connectivity index (χ1n) is 6.34. The van der Waals surface area contributed by atoms with E-state index < -0.39 is 0 Å². The number of rotatable bonds is 3. The quantitative estimate of drug-likeness (QED) is 0.688. The minimum Gasteiger partial charge on any atom is -0.331 e. The molecule has 0 aliphatic heterocycles. The summed E-state index contributed by atoms with van der Waals surface area (Å²) in [4.78, 5) is 16.8. The molecule has 3 aromatic rings. The topological polar surface area (TPSA) is 34.9 Å². The summed E-state index contributed by atoms with van der Waals surface area (Å²) in [5.74, 6) is 0.780. The zero-order chi connectivity index (χ0) is 14.1. The van der Waals surface area contributed by atoms with Gasteiger partial charge in [0.25, 0.3) is 0 Å². The van der Waals surface area contributed by atoms with Crippen LogP contribution in [0.2, 0.25) is 5.02 Å². The van der Waals surface area contributed by atoms with Crippen LogP contribution in [-0.4, -0.2) is 15.3 Å². The first kappa shape index (κ1) is 12.9. The molecule has 20 heavy (non-hydrogen) atoms. The number of carbonyl (C=O) groups is 1. The van der Waals surface area contributed by atoms with Gasteiger partial charge in [-0.15, -0.1) is 0 Å². The molecule has 0 bridgehead atoms. The fourth-order valence-corrected chi connectivity index (χ4v) is 2.45. The van der Waals surface area contributed by atoms with E-state index >= 15 is 0 Å². The third-order valence-electron chi connectivity index (χ3n) is 3.35. The third kappa shape index (κ3) is 2.32. The predicted octanol–water partition coefficient (Wildman–Crippen LogP) is 3.65. The Morgan fingerprint density at radius 3 is 2.75 bits per heavy atom. The van der Waals surface area contributed by atoms with Crippen molar-refractivity contribution in [3.63, 3.8) is 0 Å². The molecule has 0 saturated heterocycles. The molecule has 4 heteroatoms. The van der Waals surface area contributed by atoms with Crippen molar-refractivity contribution in [3.8, 4) is 0 Å². The molecule has 3 rings (SSSR count). The Morgan fingerprint density at radius 1 is 1.20 bits per heavy atom. The van der Waals surface area contributed by atoms with Crippen LogP contribution in [0, 0.1) is 0 Å². The molecule has 100 valence electrons. The molecule has 0 spiro atoms. The number of ketones is 1. The van der Waals surface area contributed by atoms with Crippen LogP contribution in [0.4, 0.5) is 0 Å². The number of fused-ring (bicyclic) bond motifs is 1. The van der Waals surface area contributed by atoms with Crippen molar-refractivity contribution in [3.05, 3.63) is 64.9 Å². The number of hydrogen-bond donors (Lipinski definition) is 0. The predicted molar refractivity (Wildman–Crippen MR) is 80.2 cm³/mol. The van der Waals surface area contributed by atoms with E-state index in [4.69, 9.17) is 11.6 Å². The van der Waals surface area contributed by atoms with Crippen LogP contribution in [-0.2, 0) is 13.5 Å². The molecule has 0 aliphatic carbocycles. The van der Waals surface area contributed by atoms with E-state index in [0.29, 0.717) is 10.6 Å². The molecular weight excluding hydrogens is 272 g/mol. The summed E-state index contributed by atoms with van der Waals surface area (Å²) in [6, 6.07) is 14.9. The van der Waals surface area contributed by atoms with Crippen LogP contribution in [0.1, 0.15) is 16.2 Å². The standard InChI is InChI=1S/C16H13ClN2O/c1-19-14-8-3-2-7-13(14)18-16(19)10-15(20)11-5-4-6-12(17)9-11/h2-9H,10H2,1H3. The van der Waals surface area contributed by atoms with Crippen LogP contribution in [0.25, 0.3) is 11.0 Å². The van der Waals surface area contributed by atoms with Gasteiger partial charge in [-0.1, -0.05) is 35.9 Å². The summed E-state index contributed by atoms with van der Waals surface area (Å²) >= 11 is 5.91. The minimum atomic E-state index is 0.0194. The molecule has 0 unspecified atom stereocenters. The van der Waals surface area contributed by atoms with Gasteiger partial charge in [-0.25, -0.2) is 4.98 Å². The van der Waals surface area contributed by atoms with Crippen molar-refractivity contribution in [1.29, 1.82) is 0 Å². The molecule has 3 nitrogen and oxygen atoms in total. The summed E-state index contributed by atoms with van der Waals surface area (Å²) in [6.07, 6.45) is 0.269. The number of para-hydroxylation sites is 2. The van der Waals surface area contributed by atoms with Crippen LogP contribution in [0.15, 0.2) is 48.5 Å². The molecule has 1 aromatic heterocycles. The minimum absolute atomic E-state index is 0.0194. The number of carbonyl (C=O) groups excluding carboxylic acids is 1. The third-order valence-corrected chi connectivity index (χ3v) is 3.58. The maximum Gasteiger partial charge on any atom is 0.170 e. The van der Waals surface area contributed by atoms with Gasteiger partial charge in [0.15, 0.2) is 5.78 Å². The normalized spacial score (nSPS) is 10.9. The number of benzene rings is 2. The highest BCUT2D eigenvalue weighted by Gasteiger charge is 2.13. The Bertz CT molecular complexity index is 792. The van der Waals surface area contributed by atoms with Crippen LogP contribution in [0.5, 0.6) is 0 Å². The van der Waals surface area contributed by atoms with Crippen molar-refractivity contribution in [2.75, 3.05) is 0 Å². The number of imidazole rings is 1. The number of halogens is 1. The van der Waals surface area contributed by atoms with Gasteiger partial charge in [0.2, 0.25) is 0 Å². The van der Waals surface area contributed by atoms with E-state index in [-0.39, 0.29) is 12.2 Å². The SMILES string of the molecule is Cn1c(CC(=O)c2cccc(Cl)c2)nc2ccccc21. The van der Waals surface area contributed by atoms with Crippen LogP contribution in [0.3, 0.4) is 0 Å². The molecule has 0 radical (unpaired) electrons. The van der Waals surface area contributed by atoms with Crippen LogP contribution < -0.4 is 0 Å². The largest absolute Gasteiger partial charge is 0.331 e. The van der Waals surface area contributed by atoms with Gasteiger partial charge >= 0.3 is 0 Å². The first-order valence-corrected chi connectivity index (χ1v) is 6.72. The highest BCUT2D eigenvalue weighted by Crippen LogP contribution is 2.17. The van der Waals surface area contributed by atoms with Crippen molar-refractivity contribution in [1.82, 2.24) is 9.55 Å². The fourth-order valence-electron chi connectivity index (χ4n) is 2.26. The number of Topliss-reactive ketones (excluding diaryl/α,β-unsaturated/α-hetero) is 1. The summed E-state index contributed by atoms with van der Waals surface area (Å²) in [5, 5.41) is 0.570. The lowest BCUT2D eigenvalue weighted by Crippen LogP contribution is -2.08.